The van der Waals surface area contributed by atoms with Crippen LogP contribution in [-0.2, 0) is 30.8 Å². The molecule has 3 aromatic carbocycles. The van der Waals surface area contributed by atoms with Gasteiger partial charge in [0.15, 0.2) is 18.1 Å². The fourth-order valence-corrected chi connectivity index (χ4v) is 8.60. The first-order chi connectivity index (χ1) is 21.7. The molecule has 0 amide bonds. The number of methoxy groups -OCH3 is 2. The van der Waals surface area contributed by atoms with Crippen LogP contribution in [0.15, 0.2) is 77.0 Å². The lowest BCUT2D eigenvalue weighted by Gasteiger charge is -2.33. The van der Waals surface area contributed by atoms with Crippen LogP contribution in [0.2, 0.25) is 0 Å². The number of ether oxygens (including phenoxy) is 4. The first kappa shape index (κ1) is 32.3. The normalized spacial score (nSPS) is 16.2. The number of hydrogen-bond donors (Lipinski definition) is 1. The Labute approximate surface area is 266 Å². The Balaban J connectivity index is 1.41. The zero-order valence-corrected chi connectivity index (χ0v) is 26.6. The number of carbonyl (C=O) groups excluding carboxylic acids is 1. The molecule has 0 radical (unpaired) electrons. The Kier molecular flexibility index (Phi) is 10.3. The lowest BCUT2D eigenvalue weighted by Crippen LogP contribution is -2.48. The molecule has 1 aromatic heterocycles. The van der Waals surface area contributed by atoms with Crippen LogP contribution in [-0.4, -0.2) is 63.2 Å². The number of esters is 1. The van der Waals surface area contributed by atoms with Gasteiger partial charge >= 0.3 is 11.9 Å². The zero-order chi connectivity index (χ0) is 32.0. The van der Waals surface area contributed by atoms with Crippen molar-refractivity contribution in [1.29, 1.82) is 0 Å². The van der Waals surface area contributed by atoms with Crippen LogP contribution in [0.5, 0.6) is 17.2 Å². The number of carbonyl (C=O) groups is 2. The molecular formula is C33H35NO9S2. The molecule has 45 heavy (non-hydrogen) atoms. The van der Waals surface area contributed by atoms with Gasteiger partial charge in [0, 0.05) is 11.2 Å². The Morgan fingerprint density at radius 1 is 0.978 bits per heavy atom. The molecule has 1 unspecified atom stereocenters. The number of aliphatic carboxylic acids is 1. The Hall–Kier alpha value is -4.13. The van der Waals surface area contributed by atoms with Gasteiger partial charge in [0.1, 0.15) is 22.1 Å². The highest BCUT2D eigenvalue weighted by Crippen LogP contribution is 2.36. The number of benzene rings is 3. The molecule has 1 aliphatic rings. The average molecular weight is 654 g/mol. The van der Waals surface area contributed by atoms with E-state index >= 15 is 0 Å². The smallest absolute Gasteiger partial charge is 0.341 e. The van der Waals surface area contributed by atoms with E-state index in [1.54, 1.807) is 50.6 Å². The number of carboxylic acid groups (broad SMARTS) is 1. The number of thiophene rings is 1. The van der Waals surface area contributed by atoms with Gasteiger partial charge in [0.25, 0.3) is 10.0 Å². The lowest BCUT2D eigenvalue weighted by molar-refractivity contribution is -0.155. The third-order valence-corrected chi connectivity index (χ3v) is 11.2. The van der Waals surface area contributed by atoms with Crippen LogP contribution in [0.1, 0.15) is 42.9 Å². The van der Waals surface area contributed by atoms with Crippen molar-refractivity contribution in [2.24, 2.45) is 0 Å². The molecule has 238 valence electrons. The maximum Gasteiger partial charge on any atom is 0.341 e. The van der Waals surface area contributed by atoms with Gasteiger partial charge in [-0.1, -0.05) is 36.4 Å². The van der Waals surface area contributed by atoms with E-state index in [1.807, 2.05) is 36.4 Å². The van der Waals surface area contributed by atoms with E-state index in [0.29, 0.717) is 54.9 Å². The van der Waals surface area contributed by atoms with Crippen molar-refractivity contribution in [1.82, 2.24) is 4.31 Å². The summed E-state index contributed by atoms with van der Waals surface area (Å²) in [7, 11) is -0.850. The number of hydrogen-bond acceptors (Lipinski definition) is 9. The molecule has 0 bridgehead atoms. The minimum absolute atomic E-state index is 0.191. The highest BCUT2D eigenvalue weighted by Gasteiger charge is 2.40. The van der Waals surface area contributed by atoms with Gasteiger partial charge in [-0.25, -0.2) is 13.2 Å². The largest absolute Gasteiger partial charge is 0.493 e. The van der Waals surface area contributed by atoms with Crippen LogP contribution in [0, 0.1) is 0 Å². The minimum atomic E-state index is -3.96. The van der Waals surface area contributed by atoms with E-state index in [9.17, 15) is 18.0 Å². The molecule has 1 saturated heterocycles. The van der Waals surface area contributed by atoms with Crippen molar-refractivity contribution in [3.63, 3.8) is 0 Å². The van der Waals surface area contributed by atoms with Crippen molar-refractivity contribution < 1.29 is 42.1 Å². The molecular weight excluding hydrogens is 618 g/mol. The lowest BCUT2D eigenvalue weighted by atomic mass is 10.00. The topological polar surface area (TPSA) is 129 Å². The second-order valence-electron chi connectivity index (χ2n) is 10.6. The maximum absolute atomic E-state index is 13.9. The molecule has 0 spiro atoms. The minimum Gasteiger partial charge on any atom is -0.493 e. The van der Waals surface area contributed by atoms with Gasteiger partial charge in [-0.05, 0) is 85.0 Å². The summed E-state index contributed by atoms with van der Waals surface area (Å²) in [5, 5.41) is 9.89. The molecule has 1 fully saturated rings. The molecule has 0 saturated carbocycles. The van der Waals surface area contributed by atoms with Gasteiger partial charge < -0.3 is 24.1 Å². The Bertz CT molecular complexity index is 1740. The Morgan fingerprint density at radius 3 is 2.53 bits per heavy atom. The van der Waals surface area contributed by atoms with Crippen LogP contribution in [0.25, 0.3) is 10.1 Å². The standard InChI is InChI=1S/C33H35NO9S2/c1-40-28-16-14-22(18-29(28)41-2)13-15-27(23-9-7-10-25(19-23)42-21-31(35)36)43-33(37)26-11-5-6-17-34(26)45(38,39)32-20-24-8-3-4-12-30(24)44-32/h3-4,7-10,12,14,16,18-20,26-27H,5-6,11,13,15,17,21H2,1-2H3,(H,35,36)/t26?,27-/m1/s1. The molecule has 0 aliphatic carbocycles. The maximum atomic E-state index is 13.9. The monoisotopic (exact) mass is 653 g/mol. The molecule has 12 heteroatoms. The zero-order valence-electron chi connectivity index (χ0n) is 25.0. The van der Waals surface area contributed by atoms with E-state index in [0.717, 1.165) is 15.6 Å². The number of piperidine rings is 1. The third-order valence-electron chi connectivity index (χ3n) is 7.69. The van der Waals surface area contributed by atoms with Gasteiger partial charge in [-0.15, -0.1) is 11.3 Å². The van der Waals surface area contributed by atoms with Crippen molar-refractivity contribution in [2.75, 3.05) is 27.4 Å². The molecule has 4 aromatic rings. The quantitative estimate of drug-likeness (QED) is 0.177. The van der Waals surface area contributed by atoms with Crippen molar-refractivity contribution in [2.45, 2.75) is 48.5 Å². The van der Waals surface area contributed by atoms with Crippen molar-refractivity contribution in [3.05, 3.63) is 83.9 Å². The van der Waals surface area contributed by atoms with Crippen LogP contribution < -0.4 is 14.2 Å². The number of carboxylic acids is 1. The van der Waals surface area contributed by atoms with E-state index in [2.05, 4.69) is 0 Å². The van der Waals surface area contributed by atoms with Gasteiger partial charge in [0.2, 0.25) is 0 Å². The number of rotatable bonds is 13. The van der Waals surface area contributed by atoms with Gasteiger partial charge in [-0.3, -0.25) is 4.79 Å². The van der Waals surface area contributed by atoms with Gasteiger partial charge in [-0.2, -0.15) is 4.31 Å². The van der Waals surface area contributed by atoms with Crippen LogP contribution >= 0.6 is 11.3 Å². The second kappa shape index (κ2) is 14.3. The highest BCUT2D eigenvalue weighted by atomic mass is 32.2. The molecule has 2 atom stereocenters. The summed E-state index contributed by atoms with van der Waals surface area (Å²) in [6.45, 7) is -0.308. The van der Waals surface area contributed by atoms with Crippen molar-refractivity contribution in [3.8, 4) is 17.2 Å². The molecule has 10 nitrogen and oxygen atoms in total. The summed E-state index contributed by atoms with van der Waals surface area (Å²) >= 11 is 1.19. The van der Waals surface area contributed by atoms with E-state index in [1.165, 1.54) is 15.6 Å². The molecule has 1 N–H and O–H groups in total. The summed E-state index contributed by atoms with van der Waals surface area (Å²) in [4.78, 5) is 24.9. The average Bonchev–Trinajstić information content (AvgIpc) is 3.51. The number of aryl methyl sites for hydroxylation is 1. The van der Waals surface area contributed by atoms with Crippen molar-refractivity contribution >= 4 is 43.4 Å². The van der Waals surface area contributed by atoms with Crippen LogP contribution in [0.3, 0.4) is 0 Å². The van der Waals surface area contributed by atoms with Crippen LogP contribution in [0.4, 0.5) is 0 Å². The number of nitrogens with zero attached hydrogens (tertiary/aromatic N) is 1. The molecule has 5 rings (SSSR count). The fraction of sp³-hybridized carbons (Fsp3) is 0.333. The SMILES string of the molecule is COc1ccc(CC[C@@H](OC(=O)C2CCCCN2S(=O)(=O)c2cc3ccccc3s2)c2cccc(OCC(=O)O)c2)cc1OC. The number of fused-ring (bicyclic) bond motifs is 1. The first-order valence-electron chi connectivity index (χ1n) is 14.6. The van der Waals surface area contributed by atoms with E-state index < -0.39 is 40.7 Å². The summed E-state index contributed by atoms with van der Waals surface area (Å²) in [5.41, 5.74) is 1.51. The predicted octanol–water partition coefficient (Wildman–Crippen LogP) is 5.84. The van der Waals surface area contributed by atoms with E-state index in [-0.39, 0.29) is 10.8 Å². The summed E-state index contributed by atoms with van der Waals surface area (Å²) in [5.74, 6) is -0.280. The van der Waals surface area contributed by atoms with E-state index in [4.69, 9.17) is 24.1 Å². The molecule has 2 heterocycles. The summed E-state index contributed by atoms with van der Waals surface area (Å²) in [6, 6.07) is 20.4. The third kappa shape index (κ3) is 7.58. The Morgan fingerprint density at radius 2 is 1.78 bits per heavy atom. The predicted molar refractivity (Wildman–Crippen MR) is 170 cm³/mol. The fourth-order valence-electron chi connectivity index (χ4n) is 5.42. The number of sulfonamides is 1. The summed E-state index contributed by atoms with van der Waals surface area (Å²) < 4.78 is 52.3. The van der Waals surface area contributed by atoms with Gasteiger partial charge in [0.05, 0.1) is 14.2 Å². The molecule has 1 aliphatic heterocycles. The second-order valence-corrected chi connectivity index (χ2v) is 13.8. The summed E-state index contributed by atoms with van der Waals surface area (Å²) in [6.07, 6.45) is 1.75. The first-order valence-corrected chi connectivity index (χ1v) is 16.8. The highest BCUT2D eigenvalue weighted by molar-refractivity contribution is 7.91.